The van der Waals surface area contributed by atoms with Gasteiger partial charge in [0.1, 0.15) is 0 Å². The molecule has 0 aromatic carbocycles. The maximum absolute atomic E-state index is 5.36. The molecule has 0 aliphatic carbocycles. The number of aryl methyl sites for hydroxylation is 2. The Labute approximate surface area is 112 Å². The molecule has 0 amide bonds. The van der Waals surface area contributed by atoms with Gasteiger partial charge in [0.15, 0.2) is 5.76 Å². The van der Waals surface area contributed by atoms with E-state index in [1.807, 2.05) is 13.0 Å². The third kappa shape index (κ3) is 2.87. The highest BCUT2D eigenvalue weighted by atomic mass is 16.5. The van der Waals surface area contributed by atoms with Gasteiger partial charge >= 0.3 is 0 Å². The summed E-state index contributed by atoms with van der Waals surface area (Å²) < 4.78 is 10.7. The number of nitrogens with one attached hydrogen (secondary N) is 1. The van der Waals surface area contributed by atoms with E-state index in [0.717, 1.165) is 37.4 Å². The van der Waals surface area contributed by atoms with E-state index in [0.29, 0.717) is 17.5 Å². The van der Waals surface area contributed by atoms with Crippen LogP contribution in [0.15, 0.2) is 21.3 Å². The van der Waals surface area contributed by atoms with Crippen molar-refractivity contribution in [2.24, 2.45) is 5.92 Å². The summed E-state index contributed by atoms with van der Waals surface area (Å²) in [6.07, 6.45) is 6.16. The van der Waals surface area contributed by atoms with Gasteiger partial charge in [-0.2, -0.15) is 4.98 Å². The molecule has 1 unspecified atom stereocenters. The predicted octanol–water partition coefficient (Wildman–Crippen LogP) is 2.57. The van der Waals surface area contributed by atoms with Gasteiger partial charge in [0, 0.05) is 6.42 Å². The fourth-order valence-electron chi connectivity index (χ4n) is 2.55. The van der Waals surface area contributed by atoms with E-state index >= 15 is 0 Å². The van der Waals surface area contributed by atoms with Crippen LogP contribution in [0.3, 0.4) is 0 Å². The van der Waals surface area contributed by atoms with Gasteiger partial charge in [-0.05, 0) is 56.8 Å². The van der Waals surface area contributed by atoms with Crippen LogP contribution in [0.5, 0.6) is 0 Å². The highest BCUT2D eigenvalue weighted by Crippen LogP contribution is 2.22. The van der Waals surface area contributed by atoms with Crippen molar-refractivity contribution in [1.29, 1.82) is 0 Å². The number of furan rings is 1. The van der Waals surface area contributed by atoms with Crippen LogP contribution in [0.1, 0.15) is 30.7 Å². The maximum Gasteiger partial charge on any atom is 0.238 e. The van der Waals surface area contributed by atoms with Crippen LogP contribution in [0, 0.1) is 12.8 Å². The first-order chi connectivity index (χ1) is 9.33. The van der Waals surface area contributed by atoms with Crippen molar-refractivity contribution in [3.05, 3.63) is 23.8 Å². The van der Waals surface area contributed by atoms with Gasteiger partial charge in [0.05, 0.1) is 6.26 Å². The Bertz CT molecular complexity index is 526. The van der Waals surface area contributed by atoms with Crippen LogP contribution in [0.4, 0.5) is 0 Å². The largest absolute Gasteiger partial charge is 0.461 e. The number of nitrogens with zero attached hydrogens (tertiary/aromatic N) is 2. The smallest absolute Gasteiger partial charge is 0.238 e. The summed E-state index contributed by atoms with van der Waals surface area (Å²) in [5.74, 6) is 2.69. The standard InChI is InChI=1S/C14H19N3O2/c1-10-6-8-18-13(10)14-16-12(19-17-14)5-4-11-3-2-7-15-9-11/h6,8,11,15H,2-5,7,9H2,1H3. The second-order valence-corrected chi connectivity index (χ2v) is 5.20. The average Bonchev–Trinajstić information content (AvgIpc) is 3.06. The minimum absolute atomic E-state index is 0.555. The summed E-state index contributed by atoms with van der Waals surface area (Å²) in [6, 6.07) is 1.90. The molecule has 1 atom stereocenters. The summed E-state index contributed by atoms with van der Waals surface area (Å²) in [6.45, 7) is 4.24. The average molecular weight is 261 g/mol. The number of hydrogen-bond acceptors (Lipinski definition) is 5. The van der Waals surface area contributed by atoms with Crippen molar-refractivity contribution in [2.45, 2.75) is 32.6 Å². The van der Waals surface area contributed by atoms with Crippen LogP contribution in [0.2, 0.25) is 0 Å². The van der Waals surface area contributed by atoms with E-state index in [9.17, 15) is 0 Å². The summed E-state index contributed by atoms with van der Waals surface area (Å²) in [4.78, 5) is 4.41. The van der Waals surface area contributed by atoms with Crippen molar-refractivity contribution in [2.75, 3.05) is 13.1 Å². The van der Waals surface area contributed by atoms with Crippen LogP contribution in [-0.4, -0.2) is 23.2 Å². The molecule has 19 heavy (non-hydrogen) atoms. The maximum atomic E-state index is 5.36. The third-order valence-electron chi connectivity index (χ3n) is 3.70. The van der Waals surface area contributed by atoms with Crippen LogP contribution in [-0.2, 0) is 6.42 Å². The van der Waals surface area contributed by atoms with Crippen molar-refractivity contribution < 1.29 is 8.94 Å². The molecule has 1 fully saturated rings. The summed E-state index contributed by atoms with van der Waals surface area (Å²) >= 11 is 0. The number of piperidine rings is 1. The normalized spacial score (nSPS) is 19.7. The fourth-order valence-corrected chi connectivity index (χ4v) is 2.55. The minimum atomic E-state index is 0.555. The molecule has 1 N–H and O–H groups in total. The molecule has 5 nitrogen and oxygen atoms in total. The minimum Gasteiger partial charge on any atom is -0.461 e. The first kappa shape index (κ1) is 12.4. The van der Waals surface area contributed by atoms with Gasteiger partial charge in [0.2, 0.25) is 11.7 Å². The Kier molecular flexibility index (Phi) is 3.64. The Hall–Kier alpha value is -1.62. The van der Waals surface area contributed by atoms with Crippen molar-refractivity contribution in [3.63, 3.8) is 0 Å². The monoisotopic (exact) mass is 261 g/mol. The molecule has 0 radical (unpaired) electrons. The zero-order valence-corrected chi connectivity index (χ0v) is 11.2. The van der Waals surface area contributed by atoms with Gasteiger partial charge in [-0.3, -0.25) is 0 Å². The lowest BCUT2D eigenvalue weighted by molar-refractivity contribution is 0.327. The zero-order valence-electron chi connectivity index (χ0n) is 11.2. The summed E-state index contributed by atoms with van der Waals surface area (Å²) in [7, 11) is 0. The van der Waals surface area contributed by atoms with E-state index in [-0.39, 0.29) is 0 Å². The quantitative estimate of drug-likeness (QED) is 0.916. The Morgan fingerprint density at radius 1 is 1.47 bits per heavy atom. The highest BCUT2D eigenvalue weighted by molar-refractivity contribution is 5.50. The lowest BCUT2D eigenvalue weighted by atomic mass is 9.95. The Balaban J connectivity index is 1.60. The van der Waals surface area contributed by atoms with Gasteiger partial charge < -0.3 is 14.3 Å². The number of rotatable bonds is 4. The van der Waals surface area contributed by atoms with Crippen LogP contribution >= 0.6 is 0 Å². The van der Waals surface area contributed by atoms with Crippen LogP contribution < -0.4 is 5.32 Å². The fraction of sp³-hybridized carbons (Fsp3) is 0.571. The molecule has 1 aliphatic heterocycles. The highest BCUT2D eigenvalue weighted by Gasteiger charge is 2.17. The predicted molar refractivity (Wildman–Crippen MR) is 70.7 cm³/mol. The van der Waals surface area contributed by atoms with Crippen molar-refractivity contribution in [1.82, 2.24) is 15.5 Å². The molecule has 0 saturated carbocycles. The molecule has 2 aromatic heterocycles. The summed E-state index contributed by atoms with van der Waals surface area (Å²) in [5.41, 5.74) is 1.03. The molecule has 0 bridgehead atoms. The lowest BCUT2D eigenvalue weighted by Crippen LogP contribution is -2.29. The molecule has 5 heteroatoms. The SMILES string of the molecule is Cc1ccoc1-c1noc(CCC2CCCNC2)n1. The molecule has 3 heterocycles. The first-order valence-corrected chi connectivity index (χ1v) is 6.90. The zero-order chi connectivity index (χ0) is 13.1. The molecule has 2 aromatic rings. The first-order valence-electron chi connectivity index (χ1n) is 6.90. The molecule has 0 spiro atoms. The van der Waals surface area contributed by atoms with Gasteiger partial charge in [0.25, 0.3) is 0 Å². The Morgan fingerprint density at radius 3 is 3.16 bits per heavy atom. The molecule has 3 rings (SSSR count). The lowest BCUT2D eigenvalue weighted by Gasteiger charge is -2.21. The second kappa shape index (κ2) is 5.57. The van der Waals surface area contributed by atoms with E-state index in [1.54, 1.807) is 6.26 Å². The summed E-state index contributed by atoms with van der Waals surface area (Å²) in [5, 5.41) is 7.41. The molecular weight excluding hydrogens is 242 g/mol. The van der Waals surface area contributed by atoms with Gasteiger partial charge in [-0.15, -0.1) is 0 Å². The number of hydrogen-bond donors (Lipinski definition) is 1. The van der Waals surface area contributed by atoms with E-state index < -0.39 is 0 Å². The molecular formula is C14H19N3O2. The van der Waals surface area contributed by atoms with E-state index in [2.05, 4.69) is 15.5 Å². The molecule has 1 saturated heterocycles. The van der Waals surface area contributed by atoms with Crippen LogP contribution in [0.25, 0.3) is 11.6 Å². The molecule has 1 aliphatic rings. The van der Waals surface area contributed by atoms with Gasteiger partial charge in [-0.25, -0.2) is 0 Å². The molecule has 102 valence electrons. The van der Waals surface area contributed by atoms with Crippen molar-refractivity contribution >= 4 is 0 Å². The second-order valence-electron chi connectivity index (χ2n) is 5.20. The topological polar surface area (TPSA) is 64.1 Å². The number of aromatic nitrogens is 2. The van der Waals surface area contributed by atoms with E-state index in [4.69, 9.17) is 8.94 Å². The Morgan fingerprint density at radius 2 is 2.42 bits per heavy atom. The third-order valence-corrected chi connectivity index (χ3v) is 3.70. The van der Waals surface area contributed by atoms with E-state index in [1.165, 1.54) is 12.8 Å². The van der Waals surface area contributed by atoms with Crippen molar-refractivity contribution in [3.8, 4) is 11.6 Å². The van der Waals surface area contributed by atoms with Gasteiger partial charge in [-0.1, -0.05) is 5.16 Å².